The first-order valence-electron chi connectivity index (χ1n) is 9.09. The van der Waals surface area contributed by atoms with E-state index in [2.05, 4.69) is 14.9 Å². The van der Waals surface area contributed by atoms with Crippen LogP contribution in [0.1, 0.15) is 17.4 Å². The molecule has 1 fully saturated rings. The van der Waals surface area contributed by atoms with E-state index in [0.717, 1.165) is 30.5 Å². The van der Waals surface area contributed by atoms with Crippen LogP contribution in [0.4, 0.5) is 8.78 Å². The van der Waals surface area contributed by atoms with Crippen LogP contribution in [0.25, 0.3) is 11.3 Å². The predicted octanol–water partition coefficient (Wildman–Crippen LogP) is 3.94. The molecule has 0 saturated carbocycles. The van der Waals surface area contributed by atoms with Crippen LogP contribution in [0.5, 0.6) is 5.75 Å². The van der Waals surface area contributed by atoms with Gasteiger partial charge in [0.05, 0.1) is 38.3 Å². The number of benzene rings is 2. The fourth-order valence-electron chi connectivity index (χ4n) is 3.40. The van der Waals surface area contributed by atoms with Gasteiger partial charge >= 0.3 is 0 Å². The quantitative estimate of drug-likeness (QED) is 0.723. The van der Waals surface area contributed by atoms with Crippen molar-refractivity contribution in [2.75, 3.05) is 26.9 Å². The number of nitrogens with one attached hydrogen (secondary N) is 1. The summed E-state index contributed by atoms with van der Waals surface area (Å²) in [6, 6.07) is 11.4. The molecule has 146 valence electrons. The molecule has 0 amide bonds. The first-order chi connectivity index (χ1) is 13.6. The standard InChI is InChI=1S/C21H21F2N3O2/c1-27-16-5-2-14(3-6-16)12-26-8-9-28-13-20(26)21-24-11-19(25-21)17-7-4-15(22)10-18(17)23/h2-7,10-11,20H,8-9,12-13H2,1H3,(H,24,25)/t20-/m0/s1. The van der Waals surface area contributed by atoms with Crippen molar-refractivity contribution < 1.29 is 18.3 Å². The van der Waals surface area contributed by atoms with Crippen molar-refractivity contribution in [3.8, 4) is 17.0 Å². The van der Waals surface area contributed by atoms with Gasteiger partial charge in [0.15, 0.2) is 0 Å². The van der Waals surface area contributed by atoms with Crippen LogP contribution in [-0.4, -0.2) is 41.7 Å². The van der Waals surface area contributed by atoms with Gasteiger partial charge in [0, 0.05) is 24.7 Å². The summed E-state index contributed by atoms with van der Waals surface area (Å²) in [7, 11) is 1.64. The molecule has 3 aromatic rings. The maximum absolute atomic E-state index is 14.1. The summed E-state index contributed by atoms with van der Waals surface area (Å²) in [6.07, 6.45) is 1.58. The second kappa shape index (κ2) is 8.08. The topological polar surface area (TPSA) is 50.4 Å². The maximum Gasteiger partial charge on any atom is 0.135 e. The maximum atomic E-state index is 14.1. The van der Waals surface area contributed by atoms with Crippen molar-refractivity contribution in [1.82, 2.24) is 14.9 Å². The molecular formula is C21H21F2N3O2. The minimum Gasteiger partial charge on any atom is -0.497 e. The highest BCUT2D eigenvalue weighted by molar-refractivity contribution is 5.59. The van der Waals surface area contributed by atoms with Crippen molar-refractivity contribution in [2.24, 2.45) is 0 Å². The predicted molar refractivity (Wildman–Crippen MR) is 101 cm³/mol. The number of halogens is 2. The lowest BCUT2D eigenvalue weighted by Gasteiger charge is -2.34. The highest BCUT2D eigenvalue weighted by atomic mass is 19.1. The Balaban J connectivity index is 1.55. The zero-order valence-electron chi connectivity index (χ0n) is 15.5. The van der Waals surface area contributed by atoms with Gasteiger partial charge in [-0.25, -0.2) is 13.8 Å². The molecule has 1 aliphatic rings. The molecule has 1 aliphatic heterocycles. The Kier molecular flexibility index (Phi) is 5.36. The van der Waals surface area contributed by atoms with Crippen molar-refractivity contribution in [1.29, 1.82) is 0 Å². The lowest BCUT2D eigenvalue weighted by atomic mass is 10.1. The molecule has 5 nitrogen and oxygen atoms in total. The second-order valence-electron chi connectivity index (χ2n) is 6.72. The third kappa shape index (κ3) is 3.90. The highest BCUT2D eigenvalue weighted by Gasteiger charge is 2.27. The number of aromatic amines is 1. The summed E-state index contributed by atoms with van der Waals surface area (Å²) >= 11 is 0. The van der Waals surface area contributed by atoms with E-state index in [-0.39, 0.29) is 6.04 Å². The molecule has 2 aromatic carbocycles. The SMILES string of the molecule is COc1ccc(CN2CCOC[C@H]2c2ncc(-c3ccc(F)cc3F)[nH]2)cc1. The summed E-state index contributed by atoms with van der Waals surface area (Å²) in [6.45, 7) is 2.64. The minimum atomic E-state index is -0.620. The van der Waals surface area contributed by atoms with Gasteiger partial charge < -0.3 is 14.5 Å². The van der Waals surface area contributed by atoms with Crippen LogP contribution in [0.15, 0.2) is 48.7 Å². The Labute approximate surface area is 161 Å². The largest absolute Gasteiger partial charge is 0.497 e. The van der Waals surface area contributed by atoms with Crippen LogP contribution >= 0.6 is 0 Å². The summed E-state index contributed by atoms with van der Waals surface area (Å²) < 4.78 is 38.1. The van der Waals surface area contributed by atoms with Crippen LogP contribution in [0.3, 0.4) is 0 Å². The molecule has 1 N–H and O–H groups in total. The van der Waals surface area contributed by atoms with Gasteiger partial charge in [-0.15, -0.1) is 0 Å². The number of nitrogens with zero attached hydrogens (tertiary/aromatic N) is 2. The van der Waals surface area contributed by atoms with E-state index in [1.807, 2.05) is 24.3 Å². The van der Waals surface area contributed by atoms with Gasteiger partial charge in [0.2, 0.25) is 0 Å². The zero-order chi connectivity index (χ0) is 19.5. The molecule has 1 atom stereocenters. The summed E-state index contributed by atoms with van der Waals surface area (Å²) in [5.74, 6) is 0.295. The molecular weight excluding hydrogens is 364 g/mol. The number of ether oxygens (including phenoxy) is 2. The molecule has 1 aromatic heterocycles. The summed E-state index contributed by atoms with van der Waals surface area (Å²) in [5.41, 5.74) is 1.96. The van der Waals surface area contributed by atoms with E-state index in [1.165, 1.54) is 12.1 Å². The lowest BCUT2D eigenvalue weighted by Crippen LogP contribution is -2.39. The molecule has 0 bridgehead atoms. The zero-order valence-corrected chi connectivity index (χ0v) is 15.5. The fourth-order valence-corrected chi connectivity index (χ4v) is 3.40. The van der Waals surface area contributed by atoms with Crippen molar-refractivity contribution in [3.05, 3.63) is 71.7 Å². The van der Waals surface area contributed by atoms with E-state index < -0.39 is 11.6 Å². The number of imidazole rings is 1. The number of rotatable bonds is 5. The fraction of sp³-hybridized carbons (Fsp3) is 0.286. The van der Waals surface area contributed by atoms with Crippen LogP contribution < -0.4 is 4.74 Å². The molecule has 2 heterocycles. The molecule has 0 spiro atoms. The molecule has 0 radical (unpaired) electrons. The molecule has 4 rings (SSSR count). The van der Waals surface area contributed by atoms with E-state index in [4.69, 9.17) is 9.47 Å². The van der Waals surface area contributed by atoms with Gasteiger partial charge in [-0.2, -0.15) is 0 Å². The van der Waals surface area contributed by atoms with Crippen LogP contribution in [0, 0.1) is 11.6 Å². The third-order valence-corrected chi connectivity index (χ3v) is 4.92. The Hall–Kier alpha value is -2.77. The Morgan fingerprint density at radius 3 is 2.79 bits per heavy atom. The van der Waals surface area contributed by atoms with Crippen molar-refractivity contribution in [3.63, 3.8) is 0 Å². The number of hydrogen-bond donors (Lipinski definition) is 1. The lowest BCUT2D eigenvalue weighted by molar-refractivity contribution is -0.0156. The molecule has 0 aliphatic carbocycles. The Bertz CT molecular complexity index is 943. The van der Waals surface area contributed by atoms with Crippen molar-refractivity contribution in [2.45, 2.75) is 12.6 Å². The number of aromatic nitrogens is 2. The van der Waals surface area contributed by atoms with Gasteiger partial charge in [0.25, 0.3) is 0 Å². The molecule has 0 unspecified atom stereocenters. The molecule has 7 heteroatoms. The van der Waals surface area contributed by atoms with E-state index in [0.29, 0.717) is 30.3 Å². The Morgan fingerprint density at radius 1 is 1.21 bits per heavy atom. The highest BCUT2D eigenvalue weighted by Crippen LogP contribution is 2.28. The van der Waals surface area contributed by atoms with Crippen molar-refractivity contribution >= 4 is 0 Å². The molecule has 1 saturated heterocycles. The van der Waals surface area contributed by atoms with Crippen LogP contribution in [0.2, 0.25) is 0 Å². The summed E-state index contributed by atoms with van der Waals surface area (Å²) in [5, 5.41) is 0. The van der Waals surface area contributed by atoms with E-state index in [1.54, 1.807) is 13.3 Å². The minimum absolute atomic E-state index is 0.0758. The first kappa shape index (κ1) is 18.6. The van der Waals surface area contributed by atoms with Gasteiger partial charge in [-0.3, -0.25) is 4.90 Å². The summed E-state index contributed by atoms with van der Waals surface area (Å²) in [4.78, 5) is 9.89. The van der Waals surface area contributed by atoms with Gasteiger partial charge in [-0.05, 0) is 29.8 Å². The van der Waals surface area contributed by atoms with Gasteiger partial charge in [0.1, 0.15) is 23.2 Å². The molecule has 28 heavy (non-hydrogen) atoms. The Morgan fingerprint density at radius 2 is 2.04 bits per heavy atom. The second-order valence-corrected chi connectivity index (χ2v) is 6.72. The normalized spacial score (nSPS) is 17.6. The monoisotopic (exact) mass is 385 g/mol. The number of hydrogen-bond acceptors (Lipinski definition) is 4. The number of morpholine rings is 1. The third-order valence-electron chi connectivity index (χ3n) is 4.92. The average molecular weight is 385 g/mol. The smallest absolute Gasteiger partial charge is 0.135 e. The van der Waals surface area contributed by atoms with E-state index in [9.17, 15) is 8.78 Å². The van der Waals surface area contributed by atoms with Gasteiger partial charge in [-0.1, -0.05) is 12.1 Å². The van der Waals surface area contributed by atoms with E-state index >= 15 is 0 Å². The first-order valence-corrected chi connectivity index (χ1v) is 9.09. The number of H-pyrrole nitrogens is 1. The van der Waals surface area contributed by atoms with Crippen LogP contribution in [-0.2, 0) is 11.3 Å². The average Bonchev–Trinajstić information content (AvgIpc) is 3.18. The number of methoxy groups -OCH3 is 1.